The number of rotatable bonds is 6. The van der Waals surface area contributed by atoms with E-state index in [1.807, 2.05) is 30.3 Å². The Bertz CT molecular complexity index is 1200. The Balaban J connectivity index is 1.74. The van der Waals surface area contributed by atoms with Gasteiger partial charge in [0.2, 0.25) is 5.91 Å². The van der Waals surface area contributed by atoms with Gasteiger partial charge in [0, 0.05) is 17.5 Å². The van der Waals surface area contributed by atoms with Gasteiger partial charge in [-0.15, -0.1) is 0 Å². The van der Waals surface area contributed by atoms with Gasteiger partial charge in [0.05, 0.1) is 23.3 Å². The van der Waals surface area contributed by atoms with E-state index >= 15 is 0 Å². The number of carbonyl (C=O) groups excluding carboxylic acids is 3. The van der Waals surface area contributed by atoms with E-state index in [9.17, 15) is 14.4 Å². The molecule has 0 aliphatic carbocycles. The predicted octanol–water partition coefficient (Wildman–Crippen LogP) is 4.73. The van der Waals surface area contributed by atoms with Crippen molar-refractivity contribution in [3.8, 4) is 5.75 Å². The van der Waals surface area contributed by atoms with E-state index in [2.05, 4.69) is 5.32 Å². The summed E-state index contributed by atoms with van der Waals surface area (Å²) >= 11 is 1.27. The summed E-state index contributed by atoms with van der Waals surface area (Å²) in [7, 11) is 1.57. The lowest BCUT2D eigenvalue weighted by Crippen LogP contribution is -2.31. The summed E-state index contributed by atoms with van der Waals surface area (Å²) in [6, 6.07) is 23.1. The van der Waals surface area contributed by atoms with Gasteiger partial charge in [-0.25, -0.2) is 4.90 Å². The minimum absolute atomic E-state index is 0.198. The highest BCUT2D eigenvalue weighted by atomic mass is 32.2. The summed E-state index contributed by atoms with van der Waals surface area (Å²) in [4.78, 5) is 40.5. The highest BCUT2D eigenvalue weighted by Gasteiger charge is 2.40. The molecule has 0 aromatic heterocycles. The van der Waals surface area contributed by atoms with Crippen molar-refractivity contribution in [1.82, 2.24) is 0 Å². The van der Waals surface area contributed by atoms with Crippen LogP contribution < -0.4 is 15.0 Å². The zero-order valence-corrected chi connectivity index (χ0v) is 18.3. The molecule has 3 aromatic carbocycles. The molecule has 0 saturated heterocycles. The molecule has 32 heavy (non-hydrogen) atoms. The fourth-order valence-corrected chi connectivity index (χ4v) is 4.37. The van der Waals surface area contributed by atoms with Crippen molar-refractivity contribution in [1.29, 1.82) is 0 Å². The molecule has 1 heterocycles. The van der Waals surface area contributed by atoms with Gasteiger partial charge in [0.15, 0.2) is 0 Å². The van der Waals surface area contributed by atoms with Gasteiger partial charge >= 0.3 is 0 Å². The van der Waals surface area contributed by atoms with E-state index in [1.165, 1.54) is 23.6 Å². The third-order valence-electron chi connectivity index (χ3n) is 4.83. The number of anilines is 2. The maximum Gasteiger partial charge on any atom is 0.272 e. The average molecular weight is 445 g/mol. The Morgan fingerprint density at radius 3 is 2.12 bits per heavy atom. The molecule has 1 aliphatic rings. The first-order valence-electron chi connectivity index (χ1n) is 9.86. The van der Waals surface area contributed by atoms with Crippen molar-refractivity contribution in [3.63, 3.8) is 0 Å². The fraction of sp³-hybridized carbons (Fsp3) is 0.0800. The normalized spacial score (nSPS) is 13.5. The molecule has 3 amide bonds. The van der Waals surface area contributed by atoms with Crippen LogP contribution in [0.2, 0.25) is 0 Å². The number of methoxy groups -OCH3 is 1. The second-order valence-corrected chi connectivity index (χ2v) is 8.11. The van der Waals surface area contributed by atoms with Crippen molar-refractivity contribution >= 4 is 46.4 Å². The molecule has 0 saturated carbocycles. The van der Waals surface area contributed by atoms with Crippen LogP contribution in [0.4, 0.5) is 11.4 Å². The molecule has 0 fully saturated rings. The zero-order valence-electron chi connectivity index (χ0n) is 17.5. The summed E-state index contributed by atoms with van der Waals surface area (Å²) in [5.74, 6) is -0.322. The third kappa shape index (κ3) is 4.29. The molecule has 4 rings (SSSR count). The topological polar surface area (TPSA) is 75.7 Å². The van der Waals surface area contributed by atoms with Gasteiger partial charge in [-0.2, -0.15) is 0 Å². The van der Waals surface area contributed by atoms with Gasteiger partial charge in [-0.1, -0.05) is 42.1 Å². The smallest absolute Gasteiger partial charge is 0.272 e. The largest absolute Gasteiger partial charge is 0.497 e. The first-order valence-corrected chi connectivity index (χ1v) is 10.7. The van der Waals surface area contributed by atoms with Gasteiger partial charge < -0.3 is 10.1 Å². The Labute approximate surface area is 189 Å². The van der Waals surface area contributed by atoms with Crippen LogP contribution >= 0.6 is 11.8 Å². The number of hydrogen-bond donors (Lipinski definition) is 1. The number of amides is 3. The molecule has 1 N–H and O–H groups in total. The summed E-state index contributed by atoms with van der Waals surface area (Å²) < 4.78 is 5.22. The number of ether oxygens (including phenoxy) is 1. The maximum atomic E-state index is 13.5. The SMILES string of the molecule is COc1ccc(C2=C(Sc3ccccc3)C(=O)N(c3ccc(NC(C)=O)cc3)C2=O)cc1. The molecular formula is C25H20N2O4S. The monoisotopic (exact) mass is 444 g/mol. The standard InChI is InChI=1S/C25H20N2O4S/c1-16(28)26-18-10-12-19(13-11-18)27-24(29)22(17-8-14-20(31-2)15-9-17)23(25(27)30)32-21-6-4-3-5-7-21/h3-15H,1-2H3,(H,26,28). The van der Waals surface area contributed by atoms with E-state index in [-0.39, 0.29) is 11.8 Å². The lowest BCUT2D eigenvalue weighted by Gasteiger charge is -2.16. The second kappa shape index (κ2) is 9.11. The lowest BCUT2D eigenvalue weighted by atomic mass is 10.1. The number of benzene rings is 3. The highest BCUT2D eigenvalue weighted by molar-refractivity contribution is 8.04. The summed E-state index contributed by atoms with van der Waals surface area (Å²) in [6.07, 6.45) is 0. The zero-order chi connectivity index (χ0) is 22.7. The van der Waals surface area contributed by atoms with Crippen molar-refractivity contribution in [2.75, 3.05) is 17.3 Å². The van der Waals surface area contributed by atoms with Gasteiger partial charge in [-0.3, -0.25) is 14.4 Å². The van der Waals surface area contributed by atoms with Gasteiger partial charge in [0.25, 0.3) is 11.8 Å². The van der Waals surface area contributed by atoms with Crippen molar-refractivity contribution in [3.05, 3.63) is 89.3 Å². The molecular weight excluding hydrogens is 424 g/mol. The first-order chi connectivity index (χ1) is 15.5. The molecule has 3 aromatic rings. The van der Waals surface area contributed by atoms with Crippen molar-refractivity contribution < 1.29 is 19.1 Å². The average Bonchev–Trinajstić information content (AvgIpc) is 3.04. The van der Waals surface area contributed by atoms with E-state index in [4.69, 9.17) is 4.74 Å². The number of imide groups is 1. The maximum absolute atomic E-state index is 13.5. The molecule has 0 bridgehead atoms. The Morgan fingerprint density at radius 1 is 0.875 bits per heavy atom. The minimum Gasteiger partial charge on any atom is -0.497 e. The quantitative estimate of drug-likeness (QED) is 0.557. The number of hydrogen-bond acceptors (Lipinski definition) is 5. The lowest BCUT2D eigenvalue weighted by molar-refractivity contribution is -0.120. The van der Waals surface area contributed by atoms with Crippen LogP contribution in [0.25, 0.3) is 5.57 Å². The van der Waals surface area contributed by atoms with E-state index in [0.29, 0.717) is 33.2 Å². The Morgan fingerprint density at radius 2 is 1.53 bits per heavy atom. The first kappa shape index (κ1) is 21.4. The molecule has 0 spiro atoms. The summed E-state index contributed by atoms with van der Waals surface area (Å²) in [5, 5.41) is 2.68. The predicted molar refractivity (Wildman–Crippen MR) is 125 cm³/mol. The van der Waals surface area contributed by atoms with E-state index in [1.54, 1.807) is 55.6 Å². The molecule has 160 valence electrons. The van der Waals surface area contributed by atoms with Crippen LogP contribution in [0.5, 0.6) is 5.75 Å². The highest BCUT2D eigenvalue weighted by Crippen LogP contribution is 2.41. The van der Waals surface area contributed by atoms with E-state index in [0.717, 1.165) is 4.90 Å². The molecule has 0 radical (unpaired) electrons. The van der Waals surface area contributed by atoms with Crippen molar-refractivity contribution in [2.24, 2.45) is 0 Å². The van der Waals surface area contributed by atoms with Crippen LogP contribution in [-0.4, -0.2) is 24.8 Å². The number of nitrogens with one attached hydrogen (secondary N) is 1. The van der Waals surface area contributed by atoms with Crippen LogP contribution in [0.1, 0.15) is 12.5 Å². The third-order valence-corrected chi connectivity index (χ3v) is 5.92. The van der Waals surface area contributed by atoms with Crippen molar-refractivity contribution in [2.45, 2.75) is 11.8 Å². The minimum atomic E-state index is -0.397. The second-order valence-electron chi connectivity index (χ2n) is 7.02. The molecule has 1 aliphatic heterocycles. The van der Waals surface area contributed by atoms with Gasteiger partial charge in [-0.05, 0) is 54.1 Å². The summed E-state index contributed by atoms with van der Waals surface area (Å²) in [6.45, 7) is 1.42. The molecule has 0 unspecified atom stereocenters. The summed E-state index contributed by atoms with van der Waals surface area (Å²) in [5.41, 5.74) is 2.00. The van der Waals surface area contributed by atoms with Crippen LogP contribution in [0, 0.1) is 0 Å². The van der Waals surface area contributed by atoms with Crippen LogP contribution in [-0.2, 0) is 14.4 Å². The fourth-order valence-electron chi connectivity index (χ4n) is 3.35. The molecule has 0 atom stereocenters. The molecule has 7 heteroatoms. The number of carbonyl (C=O) groups is 3. The van der Waals surface area contributed by atoms with E-state index < -0.39 is 5.91 Å². The Hall–Kier alpha value is -3.84. The van der Waals surface area contributed by atoms with Crippen LogP contribution in [0.3, 0.4) is 0 Å². The molecule has 6 nitrogen and oxygen atoms in total. The Kier molecular flexibility index (Phi) is 6.09. The number of nitrogens with zero attached hydrogens (tertiary/aromatic N) is 1. The number of thioether (sulfide) groups is 1. The van der Waals surface area contributed by atoms with Gasteiger partial charge in [0.1, 0.15) is 5.75 Å². The van der Waals surface area contributed by atoms with Crippen LogP contribution in [0.15, 0.2) is 88.7 Å².